The number of benzene rings is 2. The molecule has 1 unspecified atom stereocenters. The lowest BCUT2D eigenvalue weighted by Crippen LogP contribution is -2.30. The van der Waals surface area contributed by atoms with Crippen LogP contribution in [0.25, 0.3) is 0 Å². The highest BCUT2D eigenvalue weighted by atomic mass is 79.9. The first-order chi connectivity index (χ1) is 14.4. The molecule has 1 N–H and O–H groups in total. The van der Waals surface area contributed by atoms with Crippen molar-refractivity contribution in [3.8, 4) is 11.5 Å². The van der Waals surface area contributed by atoms with E-state index in [2.05, 4.69) is 21.2 Å². The molecule has 1 amide bonds. The summed E-state index contributed by atoms with van der Waals surface area (Å²) in [5, 5.41) is 2.92. The number of rotatable bonds is 8. The van der Waals surface area contributed by atoms with Crippen LogP contribution in [-0.4, -0.2) is 18.6 Å². The first-order valence-electron chi connectivity index (χ1n) is 10.9. The number of nitrogens with one attached hydrogen (secondary N) is 1. The molecule has 0 heterocycles. The van der Waals surface area contributed by atoms with Gasteiger partial charge in [0.15, 0.2) is 6.10 Å². The number of carbonyl (C=O) groups is 1. The van der Waals surface area contributed by atoms with Gasteiger partial charge in [0.05, 0.1) is 6.61 Å². The van der Waals surface area contributed by atoms with Crippen molar-refractivity contribution in [2.45, 2.75) is 65.4 Å². The van der Waals surface area contributed by atoms with Gasteiger partial charge in [-0.25, -0.2) is 0 Å². The minimum atomic E-state index is -0.602. The van der Waals surface area contributed by atoms with Crippen molar-refractivity contribution in [2.24, 2.45) is 5.92 Å². The second-order valence-electron chi connectivity index (χ2n) is 8.28. The fourth-order valence-corrected chi connectivity index (χ4v) is 4.70. The Morgan fingerprint density at radius 3 is 2.37 bits per heavy atom. The predicted octanol–water partition coefficient (Wildman–Crippen LogP) is 6.82. The summed E-state index contributed by atoms with van der Waals surface area (Å²) in [6.07, 6.45) is 7.32. The molecule has 0 saturated heterocycles. The van der Waals surface area contributed by atoms with Gasteiger partial charge in [-0.2, -0.15) is 0 Å². The van der Waals surface area contributed by atoms with Crippen LogP contribution < -0.4 is 14.8 Å². The number of hydrogen-bond acceptors (Lipinski definition) is 3. The highest BCUT2D eigenvalue weighted by Crippen LogP contribution is 2.29. The van der Waals surface area contributed by atoms with Gasteiger partial charge in [-0.15, -0.1) is 0 Å². The van der Waals surface area contributed by atoms with Crippen molar-refractivity contribution in [3.63, 3.8) is 0 Å². The van der Waals surface area contributed by atoms with Gasteiger partial charge >= 0.3 is 0 Å². The molecule has 1 aliphatic rings. The van der Waals surface area contributed by atoms with E-state index in [0.717, 1.165) is 51.7 Å². The van der Waals surface area contributed by atoms with E-state index in [1.807, 2.05) is 50.2 Å². The molecule has 30 heavy (non-hydrogen) atoms. The molecule has 5 heteroatoms. The van der Waals surface area contributed by atoms with Crippen LogP contribution in [-0.2, 0) is 4.79 Å². The summed E-state index contributed by atoms with van der Waals surface area (Å²) in [6, 6.07) is 11.5. The zero-order valence-electron chi connectivity index (χ0n) is 18.2. The number of amides is 1. The van der Waals surface area contributed by atoms with Crippen molar-refractivity contribution in [2.75, 3.05) is 11.9 Å². The smallest absolute Gasteiger partial charge is 0.265 e. The van der Waals surface area contributed by atoms with Gasteiger partial charge in [-0.1, -0.05) is 48.0 Å². The zero-order chi connectivity index (χ0) is 21.5. The first kappa shape index (κ1) is 22.7. The van der Waals surface area contributed by atoms with Crippen LogP contribution in [0.4, 0.5) is 5.69 Å². The fraction of sp³-hybridized carbons (Fsp3) is 0.480. The molecule has 0 aromatic heterocycles. The average molecular weight is 474 g/mol. The molecule has 162 valence electrons. The van der Waals surface area contributed by atoms with Gasteiger partial charge in [0.25, 0.3) is 5.91 Å². The van der Waals surface area contributed by atoms with E-state index in [-0.39, 0.29) is 5.91 Å². The van der Waals surface area contributed by atoms with Crippen LogP contribution in [0.1, 0.15) is 56.6 Å². The molecular weight excluding hydrogens is 442 g/mol. The Bertz CT molecular complexity index is 821. The van der Waals surface area contributed by atoms with Gasteiger partial charge in [0, 0.05) is 10.2 Å². The fourth-order valence-electron chi connectivity index (χ4n) is 4.01. The quantitative estimate of drug-likeness (QED) is 0.457. The van der Waals surface area contributed by atoms with E-state index in [9.17, 15) is 4.79 Å². The molecular formula is C25H32BrNO3. The largest absolute Gasteiger partial charge is 0.494 e. The maximum atomic E-state index is 12.6. The monoisotopic (exact) mass is 473 g/mol. The molecule has 1 fully saturated rings. The molecule has 1 saturated carbocycles. The number of carbonyl (C=O) groups excluding carboxylic acids is 1. The lowest BCUT2D eigenvalue weighted by atomic mass is 9.87. The second kappa shape index (κ2) is 10.9. The Hall–Kier alpha value is -2.01. The van der Waals surface area contributed by atoms with Crippen molar-refractivity contribution in [1.29, 1.82) is 0 Å². The lowest BCUT2D eigenvalue weighted by Gasteiger charge is -2.21. The molecule has 0 aliphatic heterocycles. The topological polar surface area (TPSA) is 47.6 Å². The Balaban J connectivity index is 1.47. The van der Waals surface area contributed by atoms with Crippen LogP contribution in [0.2, 0.25) is 0 Å². The van der Waals surface area contributed by atoms with Gasteiger partial charge in [-0.05, 0) is 80.6 Å². The number of aryl methyl sites for hydroxylation is 2. The SMILES string of the molecule is Cc1cc(Br)cc(C)c1OC(C)C(=O)Nc1ccc(OCCC2CCCCC2)cc1. The van der Waals surface area contributed by atoms with E-state index in [1.54, 1.807) is 6.92 Å². The summed E-state index contributed by atoms with van der Waals surface area (Å²) in [5.74, 6) is 2.23. The van der Waals surface area contributed by atoms with Crippen molar-refractivity contribution in [1.82, 2.24) is 0 Å². The van der Waals surface area contributed by atoms with E-state index in [0.29, 0.717) is 0 Å². The molecule has 2 aromatic carbocycles. The van der Waals surface area contributed by atoms with Crippen LogP contribution in [0, 0.1) is 19.8 Å². The van der Waals surface area contributed by atoms with Gasteiger partial charge in [-0.3, -0.25) is 4.79 Å². The van der Waals surface area contributed by atoms with Crippen molar-refractivity contribution < 1.29 is 14.3 Å². The highest BCUT2D eigenvalue weighted by molar-refractivity contribution is 9.10. The maximum absolute atomic E-state index is 12.6. The van der Waals surface area contributed by atoms with E-state index in [4.69, 9.17) is 9.47 Å². The number of anilines is 1. The maximum Gasteiger partial charge on any atom is 0.265 e. The van der Waals surface area contributed by atoms with Crippen molar-refractivity contribution in [3.05, 3.63) is 52.0 Å². The van der Waals surface area contributed by atoms with E-state index < -0.39 is 6.10 Å². The lowest BCUT2D eigenvalue weighted by molar-refractivity contribution is -0.122. The molecule has 0 bridgehead atoms. The van der Waals surface area contributed by atoms with E-state index in [1.165, 1.54) is 32.1 Å². The summed E-state index contributed by atoms with van der Waals surface area (Å²) in [7, 11) is 0. The summed E-state index contributed by atoms with van der Waals surface area (Å²) in [4.78, 5) is 12.6. The number of hydrogen-bond donors (Lipinski definition) is 1. The second-order valence-corrected chi connectivity index (χ2v) is 9.20. The Kier molecular flexibility index (Phi) is 8.20. The molecule has 0 spiro atoms. The molecule has 2 aromatic rings. The third-order valence-corrected chi connectivity index (χ3v) is 6.19. The summed E-state index contributed by atoms with van der Waals surface area (Å²) >= 11 is 3.48. The van der Waals surface area contributed by atoms with Crippen LogP contribution in [0.5, 0.6) is 11.5 Å². The first-order valence-corrected chi connectivity index (χ1v) is 11.7. The van der Waals surface area contributed by atoms with Crippen molar-refractivity contribution >= 4 is 27.5 Å². The Morgan fingerprint density at radius 2 is 1.73 bits per heavy atom. The van der Waals surface area contributed by atoms with E-state index >= 15 is 0 Å². The molecule has 3 rings (SSSR count). The predicted molar refractivity (Wildman–Crippen MR) is 125 cm³/mol. The third-order valence-electron chi connectivity index (χ3n) is 5.73. The third kappa shape index (κ3) is 6.49. The number of ether oxygens (including phenoxy) is 2. The standard InChI is InChI=1S/C25H32BrNO3/c1-17-15-21(26)16-18(2)24(17)30-19(3)25(28)27-22-9-11-23(12-10-22)29-14-13-20-7-5-4-6-8-20/h9-12,15-16,19-20H,4-8,13-14H2,1-3H3,(H,27,28). The highest BCUT2D eigenvalue weighted by Gasteiger charge is 2.18. The van der Waals surface area contributed by atoms with Crippen LogP contribution in [0.3, 0.4) is 0 Å². The zero-order valence-corrected chi connectivity index (χ0v) is 19.8. The summed E-state index contributed by atoms with van der Waals surface area (Å²) < 4.78 is 12.8. The minimum Gasteiger partial charge on any atom is -0.494 e. The average Bonchev–Trinajstić information content (AvgIpc) is 2.72. The Morgan fingerprint density at radius 1 is 1.10 bits per heavy atom. The van der Waals surface area contributed by atoms with Gasteiger partial charge < -0.3 is 14.8 Å². The minimum absolute atomic E-state index is 0.178. The molecule has 0 radical (unpaired) electrons. The van der Waals surface area contributed by atoms with Crippen LogP contribution >= 0.6 is 15.9 Å². The van der Waals surface area contributed by atoms with Crippen LogP contribution in [0.15, 0.2) is 40.9 Å². The molecule has 1 atom stereocenters. The summed E-state index contributed by atoms with van der Waals surface area (Å²) in [6.45, 7) is 6.47. The number of halogens is 1. The Labute approximate surface area is 188 Å². The molecule has 4 nitrogen and oxygen atoms in total. The normalized spacial score (nSPS) is 15.5. The molecule has 1 aliphatic carbocycles. The summed E-state index contributed by atoms with van der Waals surface area (Å²) in [5.41, 5.74) is 2.73. The van der Waals surface area contributed by atoms with Gasteiger partial charge in [0.1, 0.15) is 11.5 Å². The van der Waals surface area contributed by atoms with Gasteiger partial charge in [0.2, 0.25) is 0 Å².